The van der Waals surface area contributed by atoms with Gasteiger partial charge in [0.15, 0.2) is 0 Å². The third kappa shape index (κ3) is 7.01. The maximum atomic E-state index is 11.8. The molecule has 1 unspecified atom stereocenters. The Bertz CT molecular complexity index is 208. The van der Waals surface area contributed by atoms with Gasteiger partial charge in [-0.05, 0) is 12.5 Å². The molecule has 0 aromatic carbocycles. The molecule has 4 nitrogen and oxygen atoms in total. The highest BCUT2D eigenvalue weighted by molar-refractivity contribution is 5.73. The quantitative estimate of drug-likeness (QED) is 0.745. The van der Waals surface area contributed by atoms with Gasteiger partial charge in [-0.1, -0.05) is 6.92 Å². The van der Waals surface area contributed by atoms with E-state index < -0.39 is 18.8 Å². The number of carbonyl (C=O) groups excluding carboxylic acids is 1. The van der Waals surface area contributed by atoms with Crippen LogP contribution in [0, 0.1) is 5.92 Å². The molecule has 0 radical (unpaired) electrons. The van der Waals surface area contributed by atoms with Gasteiger partial charge >= 0.3 is 12.2 Å². The van der Waals surface area contributed by atoms with Gasteiger partial charge in [-0.2, -0.15) is 13.2 Å². The van der Waals surface area contributed by atoms with Crippen LogP contribution in [0.2, 0.25) is 0 Å². The SMILES string of the molecule is CC(CN)CN(C)C(=O)NCC(F)(F)F. The monoisotopic (exact) mass is 227 g/mol. The molecule has 0 heterocycles. The second-order valence-electron chi connectivity index (χ2n) is 3.50. The summed E-state index contributed by atoms with van der Waals surface area (Å²) in [7, 11) is 1.43. The van der Waals surface area contributed by atoms with Crippen LogP contribution in [0.15, 0.2) is 0 Å². The number of hydrogen-bond acceptors (Lipinski definition) is 2. The van der Waals surface area contributed by atoms with E-state index in [9.17, 15) is 18.0 Å². The van der Waals surface area contributed by atoms with E-state index in [0.29, 0.717) is 13.1 Å². The van der Waals surface area contributed by atoms with Crippen molar-refractivity contribution in [3.8, 4) is 0 Å². The molecule has 0 aliphatic carbocycles. The van der Waals surface area contributed by atoms with Gasteiger partial charge < -0.3 is 16.0 Å². The van der Waals surface area contributed by atoms with Crippen LogP contribution >= 0.6 is 0 Å². The molecule has 1 atom stereocenters. The van der Waals surface area contributed by atoms with Gasteiger partial charge in [-0.25, -0.2) is 4.79 Å². The summed E-state index contributed by atoms with van der Waals surface area (Å²) in [5.41, 5.74) is 5.33. The molecule has 7 heteroatoms. The fourth-order valence-electron chi connectivity index (χ4n) is 0.936. The lowest BCUT2D eigenvalue weighted by Crippen LogP contribution is -2.43. The van der Waals surface area contributed by atoms with Crippen molar-refractivity contribution in [2.24, 2.45) is 11.7 Å². The number of hydrogen-bond donors (Lipinski definition) is 2. The highest BCUT2D eigenvalue weighted by atomic mass is 19.4. The van der Waals surface area contributed by atoms with Gasteiger partial charge in [-0.15, -0.1) is 0 Å². The zero-order chi connectivity index (χ0) is 12.1. The number of carbonyl (C=O) groups is 1. The van der Waals surface area contributed by atoms with Crippen LogP contribution in [0.1, 0.15) is 6.92 Å². The predicted octanol–water partition coefficient (Wildman–Crippen LogP) is 0.785. The molecule has 0 aromatic heterocycles. The zero-order valence-corrected chi connectivity index (χ0v) is 8.77. The van der Waals surface area contributed by atoms with Gasteiger partial charge in [0.05, 0.1) is 0 Å². The lowest BCUT2D eigenvalue weighted by molar-refractivity contribution is -0.123. The number of nitrogens with zero attached hydrogens (tertiary/aromatic N) is 1. The minimum Gasteiger partial charge on any atom is -0.330 e. The molecule has 0 aliphatic rings. The Morgan fingerprint density at radius 1 is 1.53 bits per heavy atom. The molecule has 0 rings (SSSR count). The molecule has 0 aliphatic heterocycles. The summed E-state index contributed by atoms with van der Waals surface area (Å²) >= 11 is 0. The maximum absolute atomic E-state index is 11.8. The van der Waals surface area contributed by atoms with E-state index in [0.717, 1.165) is 0 Å². The first-order valence-corrected chi connectivity index (χ1v) is 4.52. The summed E-state index contributed by atoms with van der Waals surface area (Å²) in [6, 6.07) is -0.743. The number of rotatable bonds is 4. The number of alkyl halides is 3. The topological polar surface area (TPSA) is 58.4 Å². The van der Waals surface area contributed by atoms with E-state index >= 15 is 0 Å². The average molecular weight is 227 g/mol. The summed E-state index contributed by atoms with van der Waals surface area (Å²) in [6.07, 6.45) is -4.38. The Morgan fingerprint density at radius 3 is 2.47 bits per heavy atom. The fourth-order valence-corrected chi connectivity index (χ4v) is 0.936. The molecule has 3 N–H and O–H groups in total. The lowest BCUT2D eigenvalue weighted by atomic mass is 10.2. The number of nitrogens with one attached hydrogen (secondary N) is 1. The van der Waals surface area contributed by atoms with E-state index in [1.165, 1.54) is 11.9 Å². The van der Waals surface area contributed by atoms with Crippen molar-refractivity contribution >= 4 is 6.03 Å². The van der Waals surface area contributed by atoms with Crippen molar-refractivity contribution in [1.29, 1.82) is 0 Å². The summed E-state index contributed by atoms with van der Waals surface area (Å²) in [5.74, 6) is 0.0617. The summed E-state index contributed by atoms with van der Waals surface area (Å²) in [4.78, 5) is 12.3. The number of nitrogens with two attached hydrogens (primary N) is 1. The zero-order valence-electron chi connectivity index (χ0n) is 8.77. The van der Waals surface area contributed by atoms with Crippen molar-refractivity contribution < 1.29 is 18.0 Å². The predicted molar refractivity (Wildman–Crippen MR) is 50.3 cm³/mol. The van der Waals surface area contributed by atoms with Crippen LogP contribution in [0.4, 0.5) is 18.0 Å². The summed E-state index contributed by atoms with van der Waals surface area (Å²) < 4.78 is 35.3. The van der Waals surface area contributed by atoms with Crippen molar-refractivity contribution in [3.05, 3.63) is 0 Å². The van der Waals surface area contributed by atoms with Gasteiger partial charge in [-0.3, -0.25) is 0 Å². The summed E-state index contributed by atoms with van der Waals surface area (Å²) in [5, 5.41) is 1.77. The van der Waals surface area contributed by atoms with Crippen LogP contribution < -0.4 is 11.1 Å². The molecule has 0 spiro atoms. The van der Waals surface area contributed by atoms with E-state index in [1.807, 2.05) is 6.92 Å². The average Bonchev–Trinajstić information content (AvgIpc) is 2.12. The lowest BCUT2D eigenvalue weighted by Gasteiger charge is -2.21. The van der Waals surface area contributed by atoms with Crippen molar-refractivity contribution in [1.82, 2.24) is 10.2 Å². The number of urea groups is 1. The minimum absolute atomic E-state index is 0.0617. The van der Waals surface area contributed by atoms with Crippen molar-refractivity contribution in [2.75, 3.05) is 26.7 Å². The normalized spacial score (nSPS) is 13.5. The second-order valence-corrected chi connectivity index (χ2v) is 3.50. The van der Waals surface area contributed by atoms with Crippen LogP contribution in [0.25, 0.3) is 0 Å². The van der Waals surface area contributed by atoms with Gasteiger partial charge in [0.25, 0.3) is 0 Å². The van der Waals surface area contributed by atoms with Crippen molar-refractivity contribution in [2.45, 2.75) is 13.1 Å². The van der Waals surface area contributed by atoms with Crippen LogP contribution in [0.5, 0.6) is 0 Å². The molecule has 2 amide bonds. The van der Waals surface area contributed by atoms with E-state index in [-0.39, 0.29) is 5.92 Å². The van der Waals surface area contributed by atoms with Crippen LogP contribution in [-0.4, -0.2) is 43.8 Å². The minimum atomic E-state index is -4.38. The first kappa shape index (κ1) is 14.0. The second kappa shape index (κ2) is 5.79. The third-order valence-electron chi connectivity index (χ3n) is 1.77. The Labute approximate surface area is 86.6 Å². The third-order valence-corrected chi connectivity index (χ3v) is 1.77. The Morgan fingerprint density at radius 2 is 2.07 bits per heavy atom. The van der Waals surface area contributed by atoms with Crippen LogP contribution in [-0.2, 0) is 0 Å². The van der Waals surface area contributed by atoms with Gasteiger partial charge in [0.2, 0.25) is 0 Å². The van der Waals surface area contributed by atoms with Crippen LogP contribution in [0.3, 0.4) is 0 Å². The highest BCUT2D eigenvalue weighted by Gasteiger charge is 2.28. The number of amides is 2. The first-order valence-electron chi connectivity index (χ1n) is 4.52. The Kier molecular flexibility index (Phi) is 5.41. The van der Waals surface area contributed by atoms with Gasteiger partial charge in [0, 0.05) is 13.6 Å². The van der Waals surface area contributed by atoms with E-state index in [2.05, 4.69) is 0 Å². The largest absolute Gasteiger partial charge is 0.405 e. The highest BCUT2D eigenvalue weighted by Crippen LogP contribution is 2.12. The van der Waals surface area contributed by atoms with Crippen molar-refractivity contribution in [3.63, 3.8) is 0 Å². The molecule has 15 heavy (non-hydrogen) atoms. The molecular weight excluding hydrogens is 211 g/mol. The molecule has 0 saturated carbocycles. The number of halogens is 3. The molecule has 0 saturated heterocycles. The summed E-state index contributed by atoms with van der Waals surface area (Å²) in [6.45, 7) is 1.22. The molecule has 0 fully saturated rings. The van der Waals surface area contributed by atoms with E-state index in [4.69, 9.17) is 5.73 Å². The fraction of sp³-hybridized carbons (Fsp3) is 0.875. The maximum Gasteiger partial charge on any atom is 0.405 e. The molecule has 0 bridgehead atoms. The van der Waals surface area contributed by atoms with Gasteiger partial charge in [0.1, 0.15) is 6.54 Å². The molecular formula is C8H16F3N3O. The Hall–Kier alpha value is -0.980. The molecule has 90 valence electrons. The smallest absolute Gasteiger partial charge is 0.330 e. The first-order chi connectivity index (χ1) is 6.76. The van der Waals surface area contributed by atoms with E-state index in [1.54, 1.807) is 5.32 Å². The Balaban J connectivity index is 3.89. The standard InChI is InChI=1S/C8H16F3N3O/c1-6(3-12)4-14(2)7(15)13-5-8(9,10)11/h6H,3-5,12H2,1-2H3,(H,13,15). The molecule has 0 aromatic rings.